The Morgan fingerprint density at radius 1 is 1.44 bits per heavy atom. The molecule has 1 heterocycles. The molecule has 0 aliphatic carbocycles. The molecule has 3 N–H and O–H groups in total. The Kier molecular flexibility index (Phi) is 4.25. The molecule has 0 saturated carbocycles. The number of methoxy groups -OCH3 is 1. The van der Waals surface area contributed by atoms with Gasteiger partial charge in [0, 0.05) is 10.6 Å². The predicted octanol–water partition coefficient (Wildman–Crippen LogP) is 2.69. The first-order chi connectivity index (χ1) is 8.74. The van der Waals surface area contributed by atoms with E-state index in [0.717, 1.165) is 11.1 Å². The number of nitrogens with two attached hydrogens (primary N) is 1. The number of rotatable bonds is 5. The minimum Gasteiger partial charge on any atom is -0.496 e. The van der Waals surface area contributed by atoms with Crippen LogP contribution in [0.15, 0.2) is 41.2 Å². The first kappa shape index (κ1) is 13.0. The molecule has 0 aliphatic heterocycles. The Labute approximate surface area is 111 Å². The molecule has 2 rings (SSSR count). The number of nitrogens with one attached hydrogen (secondary N) is 1. The molecule has 1 unspecified atom stereocenters. The van der Waals surface area contributed by atoms with Gasteiger partial charge in [0.05, 0.1) is 25.7 Å². The fraction of sp³-hybridized carbons (Fsp3) is 0.231. The van der Waals surface area contributed by atoms with Gasteiger partial charge in [0.15, 0.2) is 0 Å². The molecule has 1 aromatic heterocycles. The van der Waals surface area contributed by atoms with Crippen molar-refractivity contribution in [1.29, 1.82) is 0 Å². The van der Waals surface area contributed by atoms with E-state index >= 15 is 0 Å². The fourth-order valence-corrected chi connectivity index (χ4v) is 2.04. The highest BCUT2D eigenvalue weighted by Crippen LogP contribution is 2.30. The van der Waals surface area contributed by atoms with Crippen molar-refractivity contribution in [2.45, 2.75) is 12.5 Å². The topological polar surface area (TPSA) is 60.4 Å². The van der Waals surface area contributed by atoms with Gasteiger partial charge >= 0.3 is 0 Å². The fourth-order valence-electron chi connectivity index (χ4n) is 1.88. The van der Waals surface area contributed by atoms with Gasteiger partial charge in [-0.1, -0.05) is 17.7 Å². The molecule has 4 nitrogen and oxygen atoms in total. The third kappa shape index (κ3) is 2.85. The second-order valence-corrected chi connectivity index (χ2v) is 4.38. The maximum absolute atomic E-state index is 5.94. The third-order valence-corrected chi connectivity index (χ3v) is 3.03. The van der Waals surface area contributed by atoms with Crippen molar-refractivity contribution in [3.8, 4) is 5.75 Å². The van der Waals surface area contributed by atoms with Crippen molar-refractivity contribution >= 4 is 11.6 Å². The zero-order valence-electron chi connectivity index (χ0n) is 10.0. The minimum atomic E-state index is -0.0604. The summed E-state index contributed by atoms with van der Waals surface area (Å²) in [7, 11) is 1.61. The van der Waals surface area contributed by atoms with Crippen LogP contribution < -0.4 is 16.0 Å². The van der Waals surface area contributed by atoms with Gasteiger partial charge in [0.25, 0.3) is 0 Å². The number of hydrogen-bond acceptors (Lipinski definition) is 4. The molecule has 1 atom stereocenters. The lowest BCUT2D eigenvalue weighted by atomic mass is 10.0. The summed E-state index contributed by atoms with van der Waals surface area (Å²) in [6.45, 7) is 0. The molecule has 0 spiro atoms. The Balaban J connectivity index is 2.26. The molecule has 0 saturated heterocycles. The van der Waals surface area contributed by atoms with Gasteiger partial charge in [0.1, 0.15) is 5.75 Å². The first-order valence-corrected chi connectivity index (χ1v) is 5.93. The van der Waals surface area contributed by atoms with Crippen LogP contribution in [0, 0.1) is 0 Å². The Morgan fingerprint density at radius 2 is 2.28 bits per heavy atom. The minimum absolute atomic E-state index is 0.0604. The highest BCUT2D eigenvalue weighted by molar-refractivity contribution is 6.30. The maximum atomic E-state index is 5.94. The Bertz CT molecular complexity index is 500. The van der Waals surface area contributed by atoms with E-state index in [0.29, 0.717) is 17.2 Å². The van der Waals surface area contributed by atoms with E-state index in [-0.39, 0.29) is 6.04 Å². The van der Waals surface area contributed by atoms with Crippen LogP contribution in [0.5, 0.6) is 5.75 Å². The summed E-state index contributed by atoms with van der Waals surface area (Å²) in [5.74, 6) is 6.33. The van der Waals surface area contributed by atoms with E-state index in [1.54, 1.807) is 25.7 Å². The molecule has 0 fully saturated rings. The highest BCUT2D eigenvalue weighted by atomic mass is 35.5. The molecular formula is C13H15ClN2O2. The van der Waals surface area contributed by atoms with E-state index in [1.165, 1.54) is 0 Å². The first-order valence-electron chi connectivity index (χ1n) is 5.55. The van der Waals surface area contributed by atoms with Gasteiger partial charge < -0.3 is 9.15 Å². The van der Waals surface area contributed by atoms with E-state index in [4.69, 9.17) is 26.6 Å². The van der Waals surface area contributed by atoms with Crippen LogP contribution in [0.4, 0.5) is 0 Å². The van der Waals surface area contributed by atoms with Gasteiger partial charge in [-0.2, -0.15) is 0 Å². The van der Waals surface area contributed by atoms with Crippen LogP contribution in [-0.4, -0.2) is 7.11 Å². The van der Waals surface area contributed by atoms with Gasteiger partial charge in [0.2, 0.25) is 0 Å². The molecule has 5 heteroatoms. The number of halogens is 1. The van der Waals surface area contributed by atoms with Crippen molar-refractivity contribution < 1.29 is 9.15 Å². The highest BCUT2D eigenvalue weighted by Gasteiger charge is 2.16. The van der Waals surface area contributed by atoms with Crippen LogP contribution >= 0.6 is 11.6 Å². The SMILES string of the molecule is COc1cc(Cl)ccc1C(Cc1ccoc1)NN. The number of hydrogen-bond donors (Lipinski definition) is 2. The summed E-state index contributed by atoms with van der Waals surface area (Å²) in [4.78, 5) is 0. The quantitative estimate of drug-likeness (QED) is 0.645. The molecule has 0 aliphatic rings. The Hall–Kier alpha value is -1.49. The molecular weight excluding hydrogens is 252 g/mol. The van der Waals surface area contributed by atoms with Crippen molar-refractivity contribution in [2.75, 3.05) is 7.11 Å². The second kappa shape index (κ2) is 5.91. The van der Waals surface area contributed by atoms with Crippen molar-refractivity contribution in [3.63, 3.8) is 0 Å². The van der Waals surface area contributed by atoms with E-state index in [9.17, 15) is 0 Å². The average molecular weight is 267 g/mol. The number of benzene rings is 1. The lowest BCUT2D eigenvalue weighted by Gasteiger charge is -2.18. The molecule has 0 bridgehead atoms. The molecule has 0 radical (unpaired) electrons. The average Bonchev–Trinajstić information content (AvgIpc) is 2.89. The zero-order chi connectivity index (χ0) is 13.0. The largest absolute Gasteiger partial charge is 0.496 e. The molecule has 2 aromatic rings. The van der Waals surface area contributed by atoms with Gasteiger partial charge in [-0.3, -0.25) is 11.3 Å². The van der Waals surface area contributed by atoms with E-state index in [1.807, 2.05) is 18.2 Å². The number of ether oxygens (including phenoxy) is 1. The molecule has 96 valence electrons. The van der Waals surface area contributed by atoms with Crippen LogP contribution in [0.2, 0.25) is 5.02 Å². The molecule has 0 amide bonds. The van der Waals surface area contributed by atoms with E-state index in [2.05, 4.69) is 5.43 Å². The zero-order valence-corrected chi connectivity index (χ0v) is 10.8. The molecule has 1 aromatic carbocycles. The summed E-state index contributed by atoms with van der Waals surface area (Å²) in [6, 6.07) is 7.35. The van der Waals surface area contributed by atoms with Gasteiger partial charge in [-0.25, -0.2) is 0 Å². The summed E-state index contributed by atoms with van der Waals surface area (Å²) in [6.07, 6.45) is 4.06. The van der Waals surface area contributed by atoms with Crippen LogP contribution in [0.1, 0.15) is 17.2 Å². The van der Waals surface area contributed by atoms with Crippen molar-refractivity contribution in [2.24, 2.45) is 5.84 Å². The lowest BCUT2D eigenvalue weighted by molar-refractivity contribution is 0.399. The monoisotopic (exact) mass is 266 g/mol. The summed E-state index contributed by atoms with van der Waals surface area (Å²) < 4.78 is 10.4. The number of hydrazine groups is 1. The maximum Gasteiger partial charge on any atom is 0.125 e. The van der Waals surface area contributed by atoms with Crippen LogP contribution in [-0.2, 0) is 6.42 Å². The van der Waals surface area contributed by atoms with Crippen LogP contribution in [0.25, 0.3) is 0 Å². The predicted molar refractivity (Wildman–Crippen MR) is 70.5 cm³/mol. The van der Waals surface area contributed by atoms with Gasteiger partial charge in [-0.15, -0.1) is 0 Å². The molecule has 18 heavy (non-hydrogen) atoms. The number of furan rings is 1. The summed E-state index contributed by atoms with van der Waals surface area (Å²) in [5, 5.41) is 0.634. The van der Waals surface area contributed by atoms with Crippen molar-refractivity contribution in [3.05, 3.63) is 52.9 Å². The van der Waals surface area contributed by atoms with Crippen LogP contribution in [0.3, 0.4) is 0 Å². The normalized spacial score (nSPS) is 12.4. The summed E-state index contributed by atoms with van der Waals surface area (Å²) in [5.41, 5.74) is 4.81. The second-order valence-electron chi connectivity index (χ2n) is 3.94. The standard InChI is InChI=1S/C13H15ClN2O2/c1-17-13-7-10(14)2-3-11(13)12(16-15)6-9-4-5-18-8-9/h2-5,7-8,12,16H,6,15H2,1H3. The lowest BCUT2D eigenvalue weighted by Crippen LogP contribution is -2.29. The third-order valence-electron chi connectivity index (χ3n) is 2.79. The Morgan fingerprint density at radius 3 is 2.89 bits per heavy atom. The smallest absolute Gasteiger partial charge is 0.125 e. The van der Waals surface area contributed by atoms with Crippen molar-refractivity contribution in [1.82, 2.24) is 5.43 Å². The van der Waals surface area contributed by atoms with E-state index < -0.39 is 0 Å². The van der Waals surface area contributed by atoms with Gasteiger partial charge in [-0.05, 0) is 30.2 Å². The summed E-state index contributed by atoms with van der Waals surface area (Å²) >= 11 is 5.94.